The Bertz CT molecular complexity index is 2180. The van der Waals surface area contributed by atoms with Crippen molar-refractivity contribution in [2.45, 2.75) is 86.7 Å². The number of carbonyl (C=O) groups is 7. The molecule has 425 valence electrons. The molecule has 6 rings (SSSR count). The van der Waals surface area contributed by atoms with Gasteiger partial charge in [-0.25, -0.2) is 0 Å². The molecule has 27 heteroatoms. The number of unbranched alkanes of at least 4 members (excludes halogenated alkanes) is 1. The number of guanidine groups is 1. The van der Waals surface area contributed by atoms with E-state index in [-0.39, 0.29) is 79.0 Å². The van der Waals surface area contributed by atoms with Crippen molar-refractivity contribution in [1.29, 1.82) is 0 Å². The molecule has 0 saturated carbocycles. The van der Waals surface area contributed by atoms with E-state index in [1.165, 1.54) is 24.3 Å². The van der Waals surface area contributed by atoms with Gasteiger partial charge in [0.2, 0.25) is 29.5 Å². The maximum Gasteiger partial charge on any atom is 0.305 e. The molecular formula is C49H80CuN17O9+. The molecular weight excluding hydrogens is 1030 g/mol. The smallest absolute Gasteiger partial charge is 0.305 e. The number of phenolic OH excluding ortho intramolecular Hbond substituents is 1. The molecule has 0 aliphatic carbocycles. The van der Waals surface area contributed by atoms with Crippen molar-refractivity contribution in [3.8, 4) is 5.75 Å². The van der Waals surface area contributed by atoms with Gasteiger partial charge in [0, 0.05) is 114 Å². The number of hydrogen-bond acceptors (Lipinski definition) is 16. The first-order valence-electron chi connectivity index (χ1n) is 25.8. The minimum atomic E-state index is -1.65. The molecule has 76 heavy (non-hydrogen) atoms. The van der Waals surface area contributed by atoms with E-state index in [1.807, 2.05) is 12.1 Å². The van der Waals surface area contributed by atoms with Crippen LogP contribution in [0.4, 0.5) is 0 Å². The van der Waals surface area contributed by atoms with Crippen LogP contribution in [-0.4, -0.2) is 191 Å². The van der Waals surface area contributed by atoms with Crippen LogP contribution in [-0.2, 0) is 58.8 Å². The standard InChI is InChI=1S/C49H79N17O9.Cu/c50-47(51)60-15-3-5-36-44(73)64-37(45(74)65-38(22-32-8-12-35(67)13-9-32)46(75)66-39(23-41(69)70)43(72)61-25-40(68)63-36)4-1-2-14-59-42(71)34-10-6-33(7-11-34)24-62-49-29-56-19-16-53-26-48(52,27-54-17-20-57-30-49)28-55-18-21-58-31-49;/h6-13,36-39,53-58,62,67H,1-5,14-31,52H2,(H,59,71)(H,61,72)(H,63,68)(H,64,73)(H,65,74)(H,66,75)(H,69,70)(H4,50,51,60);/p+1/t36-,37-,38+,39-,48?,49?;/m1./s1/i;1+0. The zero-order chi connectivity index (χ0) is 54.1. The molecule has 4 aliphatic heterocycles. The van der Waals surface area contributed by atoms with E-state index in [9.17, 15) is 43.8 Å². The minimum Gasteiger partial charge on any atom is -0.508 e. The molecule has 0 unspecified atom stereocenters. The molecule has 4 heterocycles. The third-order valence-corrected chi connectivity index (χ3v) is 13.1. The van der Waals surface area contributed by atoms with E-state index in [0.29, 0.717) is 50.1 Å². The third-order valence-electron chi connectivity index (χ3n) is 13.1. The van der Waals surface area contributed by atoms with Crippen molar-refractivity contribution in [3.63, 3.8) is 0 Å². The summed E-state index contributed by atoms with van der Waals surface area (Å²) >= 11 is 0. The zero-order valence-electron chi connectivity index (χ0n) is 43.0. The van der Waals surface area contributed by atoms with Gasteiger partial charge < -0.3 is 96.5 Å². The number of quaternary nitrogens is 1. The van der Waals surface area contributed by atoms with Gasteiger partial charge in [-0.3, -0.25) is 38.6 Å². The Kier molecular flexibility index (Phi) is 26.8. The van der Waals surface area contributed by atoms with Crippen LogP contribution in [0.5, 0.6) is 5.75 Å². The number of hydrogen-bond donors (Lipinski definition) is 18. The average molecular weight is 1120 g/mol. The fraction of sp³-hybridized carbons (Fsp3) is 0.592. The van der Waals surface area contributed by atoms with Crippen LogP contribution in [0.3, 0.4) is 0 Å². The first-order chi connectivity index (χ1) is 36.0. The van der Waals surface area contributed by atoms with Gasteiger partial charge in [-0.15, -0.1) is 0 Å². The molecule has 22 N–H and O–H groups in total. The Morgan fingerprint density at radius 2 is 1.24 bits per heavy atom. The molecule has 4 fully saturated rings. The van der Waals surface area contributed by atoms with E-state index >= 15 is 0 Å². The quantitative estimate of drug-likeness (QED) is 0.0303. The maximum atomic E-state index is 14.2. The van der Waals surface area contributed by atoms with Gasteiger partial charge in [-0.05, 0) is 67.5 Å². The van der Waals surface area contributed by atoms with E-state index in [1.54, 1.807) is 12.1 Å². The molecule has 4 saturated heterocycles. The van der Waals surface area contributed by atoms with Gasteiger partial charge in [-0.1, -0.05) is 24.3 Å². The van der Waals surface area contributed by atoms with Crippen LogP contribution < -0.4 is 86.3 Å². The second kappa shape index (κ2) is 32.6. The van der Waals surface area contributed by atoms with Gasteiger partial charge in [0.25, 0.3) is 5.91 Å². The first kappa shape index (κ1) is 62.5. The number of fused-ring (bicyclic) bond motifs is 15. The van der Waals surface area contributed by atoms with Crippen molar-refractivity contribution in [1.82, 2.24) is 63.8 Å². The number of aliphatic carboxylic acids is 1. The fourth-order valence-electron chi connectivity index (χ4n) is 8.89. The molecule has 2 aromatic rings. The van der Waals surface area contributed by atoms with Crippen molar-refractivity contribution in [3.05, 3.63) is 65.2 Å². The monoisotopic (exact) mass is 1110 g/mol. The van der Waals surface area contributed by atoms with Crippen molar-refractivity contribution in [2.24, 2.45) is 22.2 Å². The van der Waals surface area contributed by atoms with Gasteiger partial charge >= 0.3 is 5.97 Å². The second-order valence-electron chi connectivity index (χ2n) is 19.5. The summed E-state index contributed by atoms with van der Waals surface area (Å²) in [6.07, 6.45) is -0.0424. The van der Waals surface area contributed by atoms with Gasteiger partial charge in [0.1, 0.15) is 29.9 Å². The predicted octanol–water partition coefficient (Wildman–Crippen LogP) is -6.81. The summed E-state index contributed by atoms with van der Waals surface area (Å²) in [5, 5.41) is 59.1. The molecule has 26 nitrogen and oxygen atoms in total. The summed E-state index contributed by atoms with van der Waals surface area (Å²) < 4.78 is 0. The van der Waals surface area contributed by atoms with E-state index in [0.717, 1.165) is 64.5 Å². The van der Waals surface area contributed by atoms with Crippen LogP contribution in [0.25, 0.3) is 0 Å². The number of carboxylic acid groups (broad SMARTS) is 1. The number of aliphatic imine (C=N–C) groups is 1. The number of benzene rings is 2. The number of amides is 6. The normalized spacial score (nSPS) is 24.9. The molecule has 2 aromatic carbocycles. The number of phenols is 1. The molecule has 0 aromatic heterocycles. The SMILES string of the molecule is NC(N)=NCCC[C@H]1NC(=O)CNC(=O)[C@@H](CC(=O)O)NC(=O)[C@H](Cc2ccc(O)cc2)NC(=O)[C@@H](CCCCNC(=O)c2ccc(CNC34CNCCNCC(N)(CNCCNC3)CNCC[NH2+]C4)cc2)NC1=O.[64Cu]. The van der Waals surface area contributed by atoms with Crippen LogP contribution in [0, 0.1) is 0 Å². The Labute approximate surface area is 453 Å². The summed E-state index contributed by atoms with van der Waals surface area (Å²) in [4.78, 5) is 97.3. The van der Waals surface area contributed by atoms with E-state index < -0.39 is 78.2 Å². The molecule has 1 radical (unpaired) electrons. The molecule has 6 amide bonds. The van der Waals surface area contributed by atoms with Gasteiger partial charge in [0.15, 0.2) is 5.96 Å². The maximum absolute atomic E-state index is 14.2. The number of carboxylic acids is 1. The number of carbonyl (C=O) groups excluding carboxylic acids is 6. The molecule has 0 spiro atoms. The Balaban J connectivity index is 0.0000125. The summed E-state index contributed by atoms with van der Waals surface area (Å²) in [5.74, 6) is -6.20. The Hall–Kier alpha value is -6.00. The van der Waals surface area contributed by atoms with Crippen molar-refractivity contribution in [2.75, 3.05) is 98.2 Å². The summed E-state index contributed by atoms with van der Waals surface area (Å²) in [5.41, 5.74) is 19.0. The van der Waals surface area contributed by atoms with Gasteiger partial charge in [0.05, 0.1) is 37.1 Å². The minimum absolute atomic E-state index is 0. The average Bonchev–Trinajstić information content (AvgIpc) is 3.38. The third kappa shape index (κ3) is 22.3. The van der Waals surface area contributed by atoms with E-state index in [2.05, 4.69) is 74.1 Å². The fourth-order valence-corrected chi connectivity index (χ4v) is 8.89. The number of nitrogens with zero attached hydrogens (tertiary/aromatic N) is 1. The van der Waals surface area contributed by atoms with Crippen LogP contribution in [0.2, 0.25) is 0 Å². The number of nitrogens with two attached hydrogens (primary N) is 4. The van der Waals surface area contributed by atoms with Gasteiger partial charge in [-0.2, -0.15) is 0 Å². The summed E-state index contributed by atoms with van der Waals surface area (Å²) in [7, 11) is 0. The van der Waals surface area contributed by atoms with Crippen molar-refractivity contribution >= 4 is 47.4 Å². The Morgan fingerprint density at radius 3 is 1.87 bits per heavy atom. The van der Waals surface area contributed by atoms with E-state index in [4.69, 9.17) is 17.2 Å². The summed E-state index contributed by atoms with van der Waals surface area (Å²) in [6, 6.07) is 7.66. The predicted molar refractivity (Wildman–Crippen MR) is 280 cm³/mol. The first-order valence-corrected chi connectivity index (χ1v) is 25.8. The zero-order valence-corrected chi connectivity index (χ0v) is 43.9. The summed E-state index contributed by atoms with van der Waals surface area (Å²) in [6.45, 7) is 9.51. The van der Waals surface area contributed by atoms with Crippen molar-refractivity contribution < 1.29 is 66.2 Å². The number of rotatable bonds is 17. The van der Waals surface area contributed by atoms with Crippen LogP contribution >= 0.6 is 0 Å². The second-order valence-corrected chi connectivity index (χ2v) is 19.5. The molecule has 4 atom stereocenters. The molecule has 2 bridgehead atoms. The van der Waals surface area contributed by atoms with Crippen LogP contribution in [0.1, 0.15) is 60.0 Å². The van der Waals surface area contributed by atoms with Crippen LogP contribution in [0.15, 0.2) is 53.5 Å². The topological polar surface area (TPSA) is 411 Å². The Morgan fingerprint density at radius 1 is 0.684 bits per heavy atom. The molecule has 4 aliphatic rings. The number of nitrogens with one attached hydrogen (secondary N) is 12. The number of aromatic hydroxyl groups is 1. The largest absolute Gasteiger partial charge is 0.508 e.